The fourth-order valence-electron chi connectivity index (χ4n) is 2.99. The lowest BCUT2D eigenvalue weighted by Gasteiger charge is -2.27. The van der Waals surface area contributed by atoms with Gasteiger partial charge in [-0.3, -0.25) is 0 Å². The second-order valence-electron chi connectivity index (χ2n) is 5.67. The number of hydrogen-bond acceptors (Lipinski definition) is 3. The molecule has 0 saturated carbocycles. The number of hydrogen-bond donors (Lipinski definition) is 1. The summed E-state index contributed by atoms with van der Waals surface area (Å²) in [5, 5.41) is 0.368. The molecule has 0 atom stereocenters. The number of aromatic nitrogens is 1. The van der Waals surface area contributed by atoms with Gasteiger partial charge in [-0.15, -0.1) is 0 Å². The molecule has 23 heavy (non-hydrogen) atoms. The van der Waals surface area contributed by atoms with Crippen molar-refractivity contribution >= 4 is 32.1 Å². The molecule has 2 bridgehead atoms. The van der Waals surface area contributed by atoms with Crippen molar-refractivity contribution in [3.8, 4) is 11.3 Å². The van der Waals surface area contributed by atoms with Crippen LogP contribution in [0.2, 0.25) is 11.1 Å². The number of nitrogens with zero attached hydrogens (tertiary/aromatic N) is 2. The van der Waals surface area contributed by atoms with Gasteiger partial charge in [0, 0.05) is 18.3 Å². The van der Waals surface area contributed by atoms with Gasteiger partial charge in [0.1, 0.15) is 5.82 Å². The highest BCUT2D eigenvalue weighted by Crippen LogP contribution is 2.40. The van der Waals surface area contributed by atoms with E-state index in [1.165, 1.54) is 6.07 Å². The summed E-state index contributed by atoms with van der Waals surface area (Å²) in [5.74, 6) is 0.736. The average molecular weight is 355 g/mol. The van der Waals surface area contributed by atoms with Gasteiger partial charge in [-0.05, 0) is 24.2 Å². The molecule has 2 aromatic rings. The molecule has 0 spiro atoms. The zero-order valence-electron chi connectivity index (χ0n) is 11.9. The molecule has 119 valence electrons. The van der Waals surface area contributed by atoms with Crippen molar-refractivity contribution in [2.75, 3.05) is 22.6 Å². The molecule has 8 heteroatoms. The smallest absolute Gasteiger partial charge is 0.392 e. The molecule has 3 heterocycles. The predicted molar refractivity (Wildman–Crippen MR) is 86.1 cm³/mol. The lowest BCUT2D eigenvalue weighted by atomic mass is 10.1. The van der Waals surface area contributed by atoms with Crippen LogP contribution in [-0.4, -0.2) is 26.7 Å². The molecule has 0 unspecified atom stereocenters. The van der Waals surface area contributed by atoms with E-state index in [4.69, 9.17) is 11.6 Å². The van der Waals surface area contributed by atoms with Crippen LogP contribution in [0.1, 0.15) is 5.56 Å². The first-order valence-electron chi connectivity index (χ1n) is 7.17. The molecule has 1 aromatic carbocycles. The minimum absolute atomic E-state index is 0.368. The predicted octanol–water partition coefficient (Wildman–Crippen LogP) is 4.20. The molecule has 0 aliphatic carbocycles. The van der Waals surface area contributed by atoms with Crippen LogP contribution in [-0.2, 0) is 6.18 Å². The van der Waals surface area contributed by atoms with Crippen molar-refractivity contribution in [3.05, 3.63) is 40.9 Å². The second-order valence-corrected chi connectivity index (χ2v) is 8.35. The van der Waals surface area contributed by atoms with Crippen LogP contribution in [0.5, 0.6) is 0 Å². The number of nitrogens with one attached hydrogen (secondary N) is 1. The van der Waals surface area contributed by atoms with E-state index in [1.54, 1.807) is 12.1 Å². The minimum atomic E-state index is -4.38. The van der Waals surface area contributed by atoms with Crippen molar-refractivity contribution < 1.29 is 13.2 Å². The number of fused-ring (bicyclic) bond motifs is 4. The maximum absolute atomic E-state index is 12.9. The number of benzene rings is 1. The van der Waals surface area contributed by atoms with E-state index in [2.05, 4.69) is 14.9 Å². The third-order valence-electron chi connectivity index (χ3n) is 4.12. The molecule has 2 aliphatic rings. The van der Waals surface area contributed by atoms with E-state index < -0.39 is 20.7 Å². The van der Waals surface area contributed by atoms with Crippen LogP contribution in [0.25, 0.3) is 11.3 Å². The molecule has 3 nitrogen and oxygen atoms in total. The Morgan fingerprint density at radius 1 is 1.26 bits per heavy atom. The molecule has 4 rings (SSSR count). The summed E-state index contributed by atoms with van der Waals surface area (Å²) in [7, 11) is -0.676. The average Bonchev–Trinajstić information content (AvgIpc) is 2.90. The van der Waals surface area contributed by atoms with Crippen molar-refractivity contribution in [2.24, 2.45) is 0 Å². The van der Waals surface area contributed by atoms with Crippen molar-refractivity contribution in [2.45, 2.75) is 12.2 Å². The maximum atomic E-state index is 12.9. The van der Waals surface area contributed by atoms with E-state index in [9.17, 15) is 13.2 Å². The Bertz CT molecular complexity index is 781. The quantitative estimate of drug-likeness (QED) is 0.778. The molecule has 0 amide bonds. The normalized spacial score (nSPS) is 17.1. The Morgan fingerprint density at radius 2 is 2.09 bits per heavy atom. The first-order valence-corrected chi connectivity index (χ1v) is 9.46. The summed E-state index contributed by atoms with van der Waals surface area (Å²) in [6.45, 7) is 0.981. The first kappa shape index (κ1) is 14.8. The van der Waals surface area contributed by atoms with Gasteiger partial charge in [-0.2, -0.15) is 13.2 Å². The number of alkyl halides is 3. The molecular weight excluding hydrogens is 343 g/mol. The van der Waals surface area contributed by atoms with Gasteiger partial charge in [0.05, 0.1) is 22.0 Å². The summed E-state index contributed by atoms with van der Waals surface area (Å²) < 4.78 is 38.7. The highest BCUT2D eigenvalue weighted by Gasteiger charge is 2.34. The summed E-state index contributed by atoms with van der Waals surface area (Å²) in [6, 6.07) is 8.04. The van der Waals surface area contributed by atoms with Gasteiger partial charge in [0.2, 0.25) is 0 Å². The van der Waals surface area contributed by atoms with E-state index in [-0.39, 0.29) is 0 Å². The van der Waals surface area contributed by atoms with Crippen LogP contribution in [0.15, 0.2) is 30.3 Å². The summed E-state index contributed by atoms with van der Waals surface area (Å²) in [6.07, 6.45) is -3.37. The summed E-state index contributed by atoms with van der Waals surface area (Å²) in [4.78, 5) is 10.2. The Hall–Kier alpha value is -1.73. The number of rotatable bonds is 1. The Labute approximate surface area is 137 Å². The molecule has 1 aromatic heterocycles. The van der Waals surface area contributed by atoms with Crippen molar-refractivity contribution in [1.82, 2.24) is 4.98 Å². The van der Waals surface area contributed by atoms with E-state index in [0.717, 1.165) is 42.4 Å². The summed E-state index contributed by atoms with van der Waals surface area (Å²) in [5.41, 5.74) is 1.000. The molecule has 1 fully saturated rings. The molecular formula is C15H12ClF3N3Si. The van der Waals surface area contributed by atoms with E-state index in [0.29, 0.717) is 16.3 Å². The Morgan fingerprint density at radius 3 is 2.87 bits per heavy atom. The van der Waals surface area contributed by atoms with Crippen LogP contribution in [0.4, 0.5) is 24.7 Å². The van der Waals surface area contributed by atoms with Gasteiger partial charge in [-0.1, -0.05) is 23.7 Å². The monoisotopic (exact) mass is 354 g/mol. The number of pyridine rings is 1. The largest absolute Gasteiger partial charge is 0.416 e. The summed E-state index contributed by atoms with van der Waals surface area (Å²) >= 11 is 6.31. The van der Waals surface area contributed by atoms with Crippen LogP contribution in [0.3, 0.4) is 0 Å². The van der Waals surface area contributed by atoms with Gasteiger partial charge in [-0.25, -0.2) is 4.98 Å². The lowest BCUT2D eigenvalue weighted by Crippen LogP contribution is -2.36. The van der Waals surface area contributed by atoms with E-state index in [1.807, 2.05) is 0 Å². The van der Waals surface area contributed by atoms with Crippen molar-refractivity contribution in [3.63, 3.8) is 0 Å². The van der Waals surface area contributed by atoms with Crippen LogP contribution >= 0.6 is 11.6 Å². The standard InChI is InChI=1S/C15H12ClF3N3Si/c16-11-7-12-14(21-23-5-4-22(12)8-23)20-13(11)9-2-1-3-10(6-9)15(17,18)19/h1-3,6-7H,4-5,8H2,(H,20,21). The van der Waals surface area contributed by atoms with Crippen LogP contribution < -0.4 is 9.88 Å². The first-order chi connectivity index (χ1) is 10.9. The third kappa shape index (κ3) is 2.57. The van der Waals surface area contributed by atoms with Gasteiger partial charge in [0.15, 0.2) is 8.96 Å². The molecule has 1 N–H and O–H groups in total. The molecule has 2 aliphatic heterocycles. The van der Waals surface area contributed by atoms with Gasteiger partial charge in [0.25, 0.3) is 0 Å². The topological polar surface area (TPSA) is 28.2 Å². The highest BCUT2D eigenvalue weighted by atomic mass is 35.5. The molecule has 1 radical (unpaired) electrons. The van der Waals surface area contributed by atoms with Gasteiger partial charge < -0.3 is 9.88 Å². The minimum Gasteiger partial charge on any atom is -0.392 e. The fraction of sp³-hybridized carbons (Fsp3) is 0.267. The van der Waals surface area contributed by atoms with Gasteiger partial charge >= 0.3 is 6.18 Å². The zero-order valence-corrected chi connectivity index (χ0v) is 13.7. The van der Waals surface area contributed by atoms with Crippen LogP contribution in [0, 0.1) is 0 Å². The Balaban J connectivity index is 1.80. The third-order valence-corrected chi connectivity index (χ3v) is 6.59. The maximum Gasteiger partial charge on any atom is 0.416 e. The van der Waals surface area contributed by atoms with Crippen molar-refractivity contribution in [1.29, 1.82) is 0 Å². The number of anilines is 2. The fourth-order valence-corrected chi connectivity index (χ4v) is 5.46. The number of halogens is 4. The highest BCUT2D eigenvalue weighted by molar-refractivity contribution is 6.65. The van der Waals surface area contributed by atoms with E-state index >= 15 is 0 Å². The molecule has 1 saturated heterocycles. The SMILES string of the molecule is FC(F)(F)c1cccc(-c2nc3c(cc2Cl)N2CC[Si](C2)N3)c1. The zero-order chi connectivity index (χ0) is 16.2. The lowest BCUT2D eigenvalue weighted by molar-refractivity contribution is -0.137. The second kappa shape index (κ2) is 5.14. The Kier molecular flexibility index (Phi) is 3.31.